The Morgan fingerprint density at radius 3 is 2.53 bits per heavy atom. The van der Waals surface area contributed by atoms with E-state index in [0.717, 1.165) is 10.9 Å². The predicted octanol–water partition coefficient (Wildman–Crippen LogP) is 5.63. The number of allylic oxidation sites excluding steroid dienone is 2. The lowest BCUT2D eigenvalue weighted by molar-refractivity contribution is -0.146. The fourth-order valence-corrected chi connectivity index (χ4v) is 7.04. The van der Waals surface area contributed by atoms with Crippen molar-refractivity contribution in [2.24, 2.45) is 5.92 Å². The summed E-state index contributed by atoms with van der Waals surface area (Å²) in [7, 11) is 1.58. The maximum absolute atomic E-state index is 14.4. The topological polar surface area (TPSA) is 156 Å². The zero-order valence-electron chi connectivity index (χ0n) is 29.5. The Bertz CT molecular complexity index is 1820. The van der Waals surface area contributed by atoms with Crippen LogP contribution in [0, 0.1) is 5.92 Å². The first-order valence-corrected chi connectivity index (χ1v) is 17.6. The first-order chi connectivity index (χ1) is 24.4. The molecule has 1 aliphatic carbocycles. The molecule has 270 valence electrons. The van der Waals surface area contributed by atoms with E-state index in [1.165, 1.54) is 4.90 Å². The molecule has 1 saturated heterocycles. The molecule has 3 amide bonds. The first-order valence-electron chi connectivity index (χ1n) is 17.6. The number of carboxylic acids is 1. The number of aliphatic carboxylic acids is 1. The molecule has 2 aromatic carbocycles. The number of alkyl carbamates (subject to hydrolysis) is 1. The number of methoxy groups -OCH3 is 1. The number of benzene rings is 2. The number of hydrogen-bond donors (Lipinski definition) is 3. The third-order valence-electron chi connectivity index (χ3n) is 9.72. The fraction of sp³-hybridized carbons (Fsp3) is 0.462. The molecule has 3 heterocycles. The van der Waals surface area contributed by atoms with Crippen molar-refractivity contribution in [3.05, 3.63) is 66.7 Å². The maximum atomic E-state index is 14.4. The van der Waals surface area contributed by atoms with E-state index in [1.54, 1.807) is 27.9 Å². The Morgan fingerprint density at radius 2 is 1.80 bits per heavy atom. The number of carbonyl (C=O) groups is 4. The molecule has 1 saturated carbocycles. The van der Waals surface area contributed by atoms with Crippen LogP contribution >= 0.6 is 0 Å². The highest BCUT2D eigenvalue weighted by Crippen LogP contribution is 2.47. The number of carbonyl (C=O) groups excluding carboxylic acids is 3. The van der Waals surface area contributed by atoms with Crippen molar-refractivity contribution in [3.8, 4) is 22.8 Å². The van der Waals surface area contributed by atoms with E-state index in [-0.39, 0.29) is 18.9 Å². The van der Waals surface area contributed by atoms with Crippen LogP contribution in [-0.4, -0.2) is 81.8 Å². The van der Waals surface area contributed by atoms with E-state index >= 15 is 0 Å². The highest BCUT2D eigenvalue weighted by molar-refractivity contribution is 5.96. The molecule has 0 radical (unpaired) electrons. The van der Waals surface area contributed by atoms with E-state index in [4.69, 9.17) is 19.2 Å². The Hall–Kier alpha value is -5.13. The van der Waals surface area contributed by atoms with Gasteiger partial charge in [-0.3, -0.25) is 9.59 Å². The van der Waals surface area contributed by atoms with E-state index in [0.29, 0.717) is 61.2 Å². The van der Waals surface area contributed by atoms with Crippen LogP contribution in [0.1, 0.15) is 65.7 Å². The molecule has 2 aliphatic heterocycles. The van der Waals surface area contributed by atoms with Gasteiger partial charge in [-0.1, -0.05) is 42.5 Å². The number of fused-ring (bicyclic) bond motifs is 3. The largest absolute Gasteiger partial charge is 0.497 e. The predicted molar refractivity (Wildman–Crippen MR) is 190 cm³/mol. The van der Waals surface area contributed by atoms with Crippen molar-refractivity contribution in [2.45, 2.75) is 95.0 Å². The molecule has 2 fully saturated rings. The van der Waals surface area contributed by atoms with Gasteiger partial charge in [-0.25, -0.2) is 14.6 Å². The normalized spacial score (nSPS) is 26.1. The summed E-state index contributed by atoms with van der Waals surface area (Å²) >= 11 is 0. The smallest absolute Gasteiger partial charge is 0.408 e. The zero-order valence-corrected chi connectivity index (χ0v) is 29.5. The molecule has 5 atom stereocenters. The standard InChI is InChI=1S/C39H46N4O8/c1-38(2,3)51-37(48)41-29-16-12-7-5-6-11-15-25-22-39(25,36(46)47)42-34(44)32-20-27(23-43(32)35(29)45)50-33-21-30(24-13-9-8-10-14-24)40-31-19-26(49-4)17-18-28(31)33/h5-6,8-10,13-14,17-19,21,25,27,29,32H,7,11-12,15-16,20,22-23H2,1-4H3,(H,41,48)(H,42,44)(H,46,47)/b6-5-/t25-,27+,29-,32-,39+/m0/s1. The Labute approximate surface area is 297 Å². The number of hydrogen-bond acceptors (Lipinski definition) is 8. The van der Waals surface area contributed by atoms with Crippen LogP contribution in [0.2, 0.25) is 0 Å². The van der Waals surface area contributed by atoms with E-state index in [2.05, 4.69) is 10.6 Å². The van der Waals surface area contributed by atoms with Gasteiger partial charge in [0.1, 0.15) is 40.8 Å². The van der Waals surface area contributed by atoms with Crippen LogP contribution in [-0.2, 0) is 19.1 Å². The number of nitrogens with zero attached hydrogens (tertiary/aromatic N) is 2. The molecule has 3 aromatic rings. The summed E-state index contributed by atoms with van der Waals surface area (Å²) in [6.45, 7) is 5.26. The summed E-state index contributed by atoms with van der Waals surface area (Å²) in [5.74, 6) is -1.18. The molecule has 3 aliphatic rings. The average Bonchev–Trinajstić information content (AvgIpc) is 3.63. The van der Waals surface area contributed by atoms with Crippen molar-refractivity contribution >= 4 is 34.8 Å². The highest BCUT2D eigenvalue weighted by Gasteiger charge is 2.62. The molecule has 12 nitrogen and oxygen atoms in total. The number of nitrogens with one attached hydrogen (secondary N) is 2. The lowest BCUT2D eigenvalue weighted by Crippen LogP contribution is -2.56. The highest BCUT2D eigenvalue weighted by atomic mass is 16.6. The number of rotatable bonds is 6. The molecule has 0 spiro atoms. The minimum absolute atomic E-state index is 0.0352. The minimum Gasteiger partial charge on any atom is -0.497 e. The van der Waals surface area contributed by atoms with E-state index < -0.39 is 53.2 Å². The zero-order chi connectivity index (χ0) is 36.3. The van der Waals surface area contributed by atoms with Gasteiger partial charge in [0.05, 0.1) is 24.9 Å². The summed E-state index contributed by atoms with van der Waals surface area (Å²) in [5.41, 5.74) is 0.0207. The number of aromatic nitrogens is 1. The Kier molecular flexibility index (Phi) is 10.2. The van der Waals surface area contributed by atoms with Crippen LogP contribution in [0.3, 0.4) is 0 Å². The Morgan fingerprint density at radius 1 is 1.04 bits per heavy atom. The third-order valence-corrected chi connectivity index (χ3v) is 9.72. The quantitative estimate of drug-likeness (QED) is 0.278. The Balaban J connectivity index is 1.34. The van der Waals surface area contributed by atoms with Crippen molar-refractivity contribution in [1.82, 2.24) is 20.5 Å². The molecular formula is C39H46N4O8. The molecule has 51 heavy (non-hydrogen) atoms. The monoisotopic (exact) mass is 698 g/mol. The van der Waals surface area contributed by atoms with Gasteiger partial charge in [0.25, 0.3) is 0 Å². The molecule has 0 bridgehead atoms. The molecule has 3 N–H and O–H groups in total. The second-order valence-corrected chi connectivity index (χ2v) is 14.6. The number of amides is 3. The summed E-state index contributed by atoms with van der Waals surface area (Å²) in [4.78, 5) is 60.2. The van der Waals surface area contributed by atoms with Gasteiger partial charge in [-0.05, 0) is 77.3 Å². The van der Waals surface area contributed by atoms with Gasteiger partial charge in [-0.2, -0.15) is 0 Å². The summed E-state index contributed by atoms with van der Waals surface area (Å²) in [6, 6.07) is 15.0. The van der Waals surface area contributed by atoms with Crippen molar-refractivity contribution in [3.63, 3.8) is 0 Å². The van der Waals surface area contributed by atoms with Crippen LogP contribution < -0.4 is 20.1 Å². The molecule has 1 aromatic heterocycles. The summed E-state index contributed by atoms with van der Waals surface area (Å²) in [5, 5.41) is 16.5. The van der Waals surface area contributed by atoms with Gasteiger partial charge in [-0.15, -0.1) is 0 Å². The van der Waals surface area contributed by atoms with E-state index in [1.807, 2.05) is 66.7 Å². The van der Waals surface area contributed by atoms with Crippen LogP contribution in [0.15, 0.2) is 66.7 Å². The first kappa shape index (κ1) is 35.7. The third kappa shape index (κ3) is 8.10. The van der Waals surface area contributed by atoms with E-state index in [9.17, 15) is 24.3 Å². The van der Waals surface area contributed by atoms with Crippen LogP contribution in [0.4, 0.5) is 4.79 Å². The van der Waals surface area contributed by atoms with Gasteiger partial charge in [0.2, 0.25) is 11.8 Å². The molecular weight excluding hydrogens is 652 g/mol. The molecule has 0 unspecified atom stereocenters. The van der Waals surface area contributed by atoms with Crippen molar-refractivity contribution in [1.29, 1.82) is 0 Å². The van der Waals surface area contributed by atoms with Gasteiger partial charge in [0.15, 0.2) is 0 Å². The average molecular weight is 699 g/mol. The second-order valence-electron chi connectivity index (χ2n) is 14.6. The second kappa shape index (κ2) is 14.6. The van der Waals surface area contributed by atoms with Gasteiger partial charge >= 0.3 is 12.1 Å². The lowest BCUT2D eigenvalue weighted by Gasteiger charge is -2.30. The van der Waals surface area contributed by atoms with Crippen molar-refractivity contribution < 1.29 is 38.5 Å². The number of ether oxygens (including phenoxy) is 3. The number of pyridine rings is 1. The van der Waals surface area contributed by atoms with Crippen LogP contribution in [0.5, 0.6) is 11.5 Å². The molecule has 6 rings (SSSR count). The van der Waals surface area contributed by atoms with Crippen molar-refractivity contribution in [2.75, 3.05) is 13.7 Å². The maximum Gasteiger partial charge on any atom is 0.408 e. The van der Waals surface area contributed by atoms with Gasteiger partial charge in [0, 0.05) is 29.5 Å². The fourth-order valence-electron chi connectivity index (χ4n) is 7.04. The number of carboxylic acid groups (broad SMARTS) is 1. The lowest BCUT2D eigenvalue weighted by atomic mass is 10.1. The minimum atomic E-state index is -1.39. The SMILES string of the molecule is COc1ccc2c(O[C@@H]3C[C@H]4C(=O)N[C@]5(C(=O)O)C[C@@H]5CC/C=C\CCC[C@H](NC(=O)OC(C)(C)C)C(=O)N4C3)cc(-c3ccccc3)nc2c1. The summed E-state index contributed by atoms with van der Waals surface area (Å²) < 4.78 is 17.6. The summed E-state index contributed by atoms with van der Waals surface area (Å²) in [6.07, 6.45) is 5.96. The van der Waals surface area contributed by atoms with Gasteiger partial charge < -0.3 is 34.9 Å². The molecule has 12 heteroatoms. The van der Waals surface area contributed by atoms with Crippen LogP contribution in [0.25, 0.3) is 22.2 Å².